The van der Waals surface area contributed by atoms with Crippen LogP contribution in [0.4, 0.5) is 5.69 Å². The van der Waals surface area contributed by atoms with Crippen LogP contribution in [0.25, 0.3) is 0 Å². The summed E-state index contributed by atoms with van der Waals surface area (Å²) in [7, 11) is -3.99. The van der Waals surface area contributed by atoms with Crippen molar-refractivity contribution < 1.29 is 18.1 Å². The molecule has 108 valence electrons. The van der Waals surface area contributed by atoms with E-state index < -0.39 is 20.9 Å². The molecule has 1 aliphatic rings. The van der Waals surface area contributed by atoms with E-state index in [9.17, 15) is 23.3 Å². The summed E-state index contributed by atoms with van der Waals surface area (Å²) in [5, 5.41) is 13.6. The van der Waals surface area contributed by atoms with E-state index in [0.29, 0.717) is 13.1 Å². The fourth-order valence-corrected chi connectivity index (χ4v) is 3.54. The maximum Gasteiger partial charge on any atom is 0.270 e. The summed E-state index contributed by atoms with van der Waals surface area (Å²) in [5.74, 6) is -0.646. The lowest BCUT2D eigenvalue weighted by atomic mass is 10.2. The van der Waals surface area contributed by atoms with Gasteiger partial charge in [-0.1, -0.05) is 6.92 Å². The van der Waals surface area contributed by atoms with Crippen molar-refractivity contribution in [3.05, 3.63) is 33.9 Å². The van der Waals surface area contributed by atoms with Crippen molar-refractivity contribution in [2.45, 2.75) is 11.8 Å². The van der Waals surface area contributed by atoms with Gasteiger partial charge < -0.3 is 5.32 Å². The number of hydrogen-bond acceptors (Lipinski definition) is 6. The lowest BCUT2D eigenvalue weighted by molar-refractivity contribution is -0.385. The average molecular weight is 299 g/mol. The zero-order chi connectivity index (χ0) is 14.9. The number of likely N-dealkylation sites (N-methyl/N-ethyl adjacent to an activating group) is 1. The van der Waals surface area contributed by atoms with Gasteiger partial charge in [0, 0.05) is 18.7 Å². The van der Waals surface area contributed by atoms with Gasteiger partial charge in [-0.05, 0) is 12.6 Å². The van der Waals surface area contributed by atoms with Crippen LogP contribution in [-0.2, 0) is 10.0 Å². The summed E-state index contributed by atoms with van der Waals surface area (Å²) in [5.41, 5.74) is -0.374. The number of nitro groups is 1. The minimum Gasteiger partial charge on any atom is -0.315 e. The third kappa shape index (κ3) is 2.25. The quantitative estimate of drug-likeness (QED) is 0.477. The monoisotopic (exact) mass is 299 g/mol. The van der Waals surface area contributed by atoms with E-state index in [0.717, 1.165) is 16.4 Å². The molecule has 0 bridgehead atoms. The third-order valence-electron chi connectivity index (χ3n) is 2.94. The molecule has 0 saturated heterocycles. The van der Waals surface area contributed by atoms with Crippen LogP contribution >= 0.6 is 0 Å². The van der Waals surface area contributed by atoms with Crippen LogP contribution in [0.3, 0.4) is 0 Å². The second-order valence-corrected chi connectivity index (χ2v) is 6.00. The van der Waals surface area contributed by atoms with Gasteiger partial charge in [-0.15, -0.1) is 0 Å². The molecule has 1 aromatic carbocycles. The Morgan fingerprint density at radius 1 is 1.40 bits per heavy atom. The molecular formula is C11H13N3O5S. The molecule has 0 aliphatic carbocycles. The average Bonchev–Trinajstić information content (AvgIpc) is 2.59. The number of nitrogens with one attached hydrogen (secondary N) is 1. The Morgan fingerprint density at radius 2 is 2.10 bits per heavy atom. The van der Waals surface area contributed by atoms with Gasteiger partial charge in [0.2, 0.25) is 0 Å². The number of hydrogen-bond donors (Lipinski definition) is 1. The number of fused-ring (bicyclic) bond motifs is 1. The van der Waals surface area contributed by atoms with Crippen LogP contribution in [0.2, 0.25) is 0 Å². The number of sulfonamides is 1. The van der Waals surface area contributed by atoms with Gasteiger partial charge in [0.25, 0.3) is 21.6 Å². The van der Waals surface area contributed by atoms with Gasteiger partial charge >= 0.3 is 0 Å². The molecule has 0 spiro atoms. The number of nitrogens with zero attached hydrogens (tertiary/aromatic N) is 2. The number of rotatable bonds is 5. The first kappa shape index (κ1) is 14.4. The van der Waals surface area contributed by atoms with Crippen LogP contribution in [0.5, 0.6) is 0 Å². The Hall–Kier alpha value is -2.00. The second kappa shape index (κ2) is 5.17. The van der Waals surface area contributed by atoms with Gasteiger partial charge in [0.05, 0.1) is 17.0 Å². The maximum atomic E-state index is 12.2. The van der Waals surface area contributed by atoms with Gasteiger partial charge in [-0.3, -0.25) is 14.9 Å². The first-order chi connectivity index (χ1) is 9.39. The second-order valence-electron chi connectivity index (χ2n) is 4.17. The number of benzene rings is 1. The summed E-state index contributed by atoms with van der Waals surface area (Å²) in [4.78, 5) is 21.7. The Morgan fingerprint density at radius 3 is 2.70 bits per heavy atom. The largest absolute Gasteiger partial charge is 0.315 e. The Balaban J connectivity index is 2.40. The molecule has 0 aromatic heterocycles. The van der Waals surface area contributed by atoms with Gasteiger partial charge in [-0.2, -0.15) is 0 Å². The van der Waals surface area contributed by atoms with Crippen molar-refractivity contribution in [2.24, 2.45) is 0 Å². The summed E-state index contributed by atoms with van der Waals surface area (Å²) in [6, 6.07) is 3.23. The van der Waals surface area contributed by atoms with Crippen LogP contribution in [0.1, 0.15) is 17.3 Å². The highest BCUT2D eigenvalue weighted by Crippen LogP contribution is 2.32. The smallest absolute Gasteiger partial charge is 0.270 e. The van der Waals surface area contributed by atoms with Gasteiger partial charge in [-0.25, -0.2) is 12.7 Å². The van der Waals surface area contributed by atoms with E-state index in [1.54, 1.807) is 0 Å². The highest BCUT2D eigenvalue weighted by atomic mass is 32.2. The van der Waals surface area contributed by atoms with E-state index >= 15 is 0 Å². The molecule has 0 fully saturated rings. The van der Waals surface area contributed by atoms with Gasteiger partial charge in [0.15, 0.2) is 0 Å². The van der Waals surface area contributed by atoms with Crippen molar-refractivity contribution in [3.63, 3.8) is 0 Å². The van der Waals surface area contributed by atoms with E-state index in [2.05, 4.69) is 5.32 Å². The van der Waals surface area contributed by atoms with Crippen LogP contribution in [0, 0.1) is 10.1 Å². The minimum atomic E-state index is -3.99. The lowest BCUT2D eigenvalue weighted by Gasteiger charge is -2.14. The van der Waals surface area contributed by atoms with E-state index in [4.69, 9.17) is 0 Å². The molecule has 1 amide bonds. The van der Waals surface area contributed by atoms with E-state index in [1.165, 1.54) is 6.07 Å². The Labute approximate surface area is 115 Å². The first-order valence-electron chi connectivity index (χ1n) is 5.95. The van der Waals surface area contributed by atoms with E-state index in [-0.39, 0.29) is 22.7 Å². The zero-order valence-corrected chi connectivity index (χ0v) is 11.5. The Bertz CT molecular complexity index is 671. The van der Waals surface area contributed by atoms with Crippen molar-refractivity contribution in [2.75, 3.05) is 19.6 Å². The molecule has 20 heavy (non-hydrogen) atoms. The van der Waals surface area contributed by atoms with E-state index in [1.807, 2.05) is 6.92 Å². The van der Waals surface area contributed by atoms with Crippen molar-refractivity contribution in [3.8, 4) is 0 Å². The molecule has 8 nitrogen and oxygen atoms in total. The molecule has 0 atom stereocenters. The SMILES string of the molecule is CCNCCN1C(=O)c2ccc([N+](=O)[O-])cc2S1(=O)=O. The predicted molar refractivity (Wildman–Crippen MR) is 69.9 cm³/mol. The number of carbonyl (C=O) groups is 1. The van der Waals surface area contributed by atoms with Crippen LogP contribution < -0.4 is 5.32 Å². The fraction of sp³-hybridized carbons (Fsp3) is 0.364. The highest BCUT2D eigenvalue weighted by Gasteiger charge is 2.41. The number of amides is 1. The Kier molecular flexibility index (Phi) is 3.73. The van der Waals surface area contributed by atoms with Crippen molar-refractivity contribution in [1.29, 1.82) is 0 Å². The summed E-state index contributed by atoms with van der Waals surface area (Å²) >= 11 is 0. The van der Waals surface area contributed by atoms with Gasteiger partial charge in [0.1, 0.15) is 4.90 Å². The third-order valence-corrected chi connectivity index (χ3v) is 4.76. The number of carbonyl (C=O) groups excluding carboxylic acids is 1. The summed E-state index contributed by atoms with van der Waals surface area (Å²) in [6.45, 7) is 2.84. The molecule has 2 rings (SSSR count). The minimum absolute atomic E-state index is 0.00250. The fourth-order valence-electron chi connectivity index (χ4n) is 1.96. The summed E-state index contributed by atoms with van der Waals surface area (Å²) < 4.78 is 25.2. The zero-order valence-electron chi connectivity index (χ0n) is 10.7. The lowest BCUT2D eigenvalue weighted by Crippen LogP contribution is -2.36. The number of non-ortho nitro benzene ring substituents is 1. The summed E-state index contributed by atoms with van der Waals surface area (Å²) in [6.07, 6.45) is 0. The van der Waals surface area contributed by atoms with Crippen LogP contribution in [0.15, 0.2) is 23.1 Å². The molecule has 1 aromatic rings. The molecule has 0 unspecified atom stereocenters. The molecule has 0 radical (unpaired) electrons. The normalized spacial score (nSPS) is 16.2. The molecule has 1 aliphatic heterocycles. The molecular weight excluding hydrogens is 286 g/mol. The first-order valence-corrected chi connectivity index (χ1v) is 7.40. The van der Waals surface area contributed by atoms with Crippen molar-refractivity contribution in [1.82, 2.24) is 9.62 Å². The standard InChI is InChI=1S/C11H13N3O5S/c1-2-12-5-6-13-11(15)9-4-3-8(14(16)17)7-10(9)20(13,18)19/h3-4,7,12H,2,5-6H2,1H3. The molecule has 9 heteroatoms. The molecule has 1 N–H and O–H groups in total. The van der Waals surface area contributed by atoms with Crippen molar-refractivity contribution >= 4 is 21.6 Å². The molecule has 1 heterocycles. The number of nitro benzene ring substituents is 1. The topological polar surface area (TPSA) is 110 Å². The maximum absolute atomic E-state index is 12.2. The molecule has 0 saturated carbocycles. The highest BCUT2D eigenvalue weighted by molar-refractivity contribution is 7.90. The predicted octanol–water partition coefficient (Wildman–Crippen LogP) is 0.349. The van der Waals surface area contributed by atoms with Crippen LogP contribution in [-0.4, -0.2) is 43.2 Å².